The predicted octanol–water partition coefficient (Wildman–Crippen LogP) is 1.35. The Morgan fingerprint density at radius 1 is 1.20 bits per heavy atom. The Bertz CT molecular complexity index is 684. The number of ether oxygens (including phenoxy) is 1. The average Bonchev–Trinajstić information content (AvgIpc) is 3.08. The van der Waals surface area contributed by atoms with Gasteiger partial charge in [-0.25, -0.2) is 13.1 Å². The topological polar surface area (TPSA) is 102 Å². The van der Waals surface area contributed by atoms with Crippen LogP contribution in [-0.4, -0.2) is 39.0 Å². The van der Waals surface area contributed by atoms with E-state index < -0.39 is 22.1 Å². The van der Waals surface area contributed by atoms with Crippen LogP contribution in [0.2, 0.25) is 0 Å². The smallest absolute Gasteiger partial charge is 0.307 e. The Kier molecular flexibility index (Phi) is 6.95. The van der Waals surface area contributed by atoms with Gasteiger partial charge in [0.1, 0.15) is 0 Å². The van der Waals surface area contributed by atoms with Gasteiger partial charge in [-0.1, -0.05) is 31.0 Å². The molecule has 1 aliphatic carbocycles. The van der Waals surface area contributed by atoms with Crippen LogP contribution in [0.3, 0.4) is 0 Å². The summed E-state index contributed by atoms with van der Waals surface area (Å²) in [6.07, 6.45) is 3.06. The second-order valence-electron chi connectivity index (χ2n) is 6.08. The lowest BCUT2D eigenvalue weighted by atomic mass is 10.2. The first kappa shape index (κ1) is 19.4. The lowest BCUT2D eigenvalue weighted by Crippen LogP contribution is -2.41. The average molecular weight is 368 g/mol. The molecule has 0 radical (unpaired) electrons. The van der Waals surface area contributed by atoms with E-state index in [1.807, 2.05) is 0 Å². The van der Waals surface area contributed by atoms with Crippen molar-refractivity contribution in [2.24, 2.45) is 0 Å². The third-order valence-corrected chi connectivity index (χ3v) is 5.53. The summed E-state index contributed by atoms with van der Waals surface area (Å²) in [5.41, 5.74) is 0. The Labute approximate surface area is 148 Å². The standard InChI is InChI=1S/C17H24N2O5S/c1-13(17(21)19-14-7-5-6-8-14)24-16(20)11-12-18-25(22,23)15-9-3-2-4-10-15/h2-4,9-10,13-14,18H,5-8,11-12H2,1H3,(H,19,21)/t13-/m0/s1. The van der Waals surface area contributed by atoms with Crippen LogP contribution in [0, 0.1) is 0 Å². The first-order valence-electron chi connectivity index (χ1n) is 8.43. The number of esters is 1. The van der Waals surface area contributed by atoms with Crippen molar-refractivity contribution in [1.82, 2.24) is 10.0 Å². The zero-order valence-corrected chi connectivity index (χ0v) is 15.1. The van der Waals surface area contributed by atoms with E-state index >= 15 is 0 Å². The Morgan fingerprint density at radius 3 is 2.48 bits per heavy atom. The van der Waals surface area contributed by atoms with E-state index in [2.05, 4.69) is 10.0 Å². The third kappa shape index (κ3) is 6.13. The molecule has 2 N–H and O–H groups in total. The Morgan fingerprint density at radius 2 is 1.84 bits per heavy atom. The molecular weight excluding hydrogens is 344 g/mol. The maximum atomic E-state index is 12.0. The first-order valence-corrected chi connectivity index (χ1v) is 9.91. The SMILES string of the molecule is C[C@H](OC(=O)CCNS(=O)(=O)c1ccccc1)C(=O)NC1CCCC1. The fourth-order valence-corrected chi connectivity index (χ4v) is 3.72. The highest BCUT2D eigenvalue weighted by atomic mass is 32.2. The van der Waals surface area contributed by atoms with Crippen LogP contribution < -0.4 is 10.0 Å². The van der Waals surface area contributed by atoms with Gasteiger partial charge in [0.15, 0.2) is 6.10 Å². The van der Waals surface area contributed by atoms with Gasteiger partial charge >= 0.3 is 5.97 Å². The molecule has 0 bridgehead atoms. The Balaban J connectivity index is 1.72. The van der Waals surface area contributed by atoms with Crippen LogP contribution in [0.1, 0.15) is 39.0 Å². The number of rotatable bonds is 8. The second-order valence-corrected chi connectivity index (χ2v) is 7.85. The van der Waals surface area contributed by atoms with E-state index in [0.29, 0.717) is 0 Å². The van der Waals surface area contributed by atoms with Crippen LogP contribution in [0.5, 0.6) is 0 Å². The van der Waals surface area contributed by atoms with Gasteiger partial charge in [-0.2, -0.15) is 0 Å². The molecule has 8 heteroatoms. The molecule has 25 heavy (non-hydrogen) atoms. The van der Waals surface area contributed by atoms with Crippen molar-refractivity contribution in [1.29, 1.82) is 0 Å². The number of sulfonamides is 1. The van der Waals surface area contributed by atoms with Gasteiger partial charge in [-0.15, -0.1) is 0 Å². The highest BCUT2D eigenvalue weighted by Crippen LogP contribution is 2.17. The number of hydrogen-bond donors (Lipinski definition) is 2. The summed E-state index contributed by atoms with van der Waals surface area (Å²) in [7, 11) is -3.65. The number of carbonyl (C=O) groups excluding carboxylic acids is 2. The molecule has 0 aromatic heterocycles. The van der Waals surface area contributed by atoms with Gasteiger partial charge in [-0.05, 0) is 31.9 Å². The monoisotopic (exact) mass is 368 g/mol. The van der Waals surface area contributed by atoms with Crippen molar-refractivity contribution in [3.8, 4) is 0 Å². The van der Waals surface area contributed by atoms with Crippen LogP contribution in [-0.2, 0) is 24.3 Å². The van der Waals surface area contributed by atoms with Crippen molar-refractivity contribution in [3.63, 3.8) is 0 Å². The van der Waals surface area contributed by atoms with Gasteiger partial charge in [0.05, 0.1) is 11.3 Å². The second kappa shape index (κ2) is 8.96. The summed E-state index contributed by atoms with van der Waals surface area (Å²) < 4.78 is 31.4. The largest absolute Gasteiger partial charge is 0.453 e. The number of hydrogen-bond acceptors (Lipinski definition) is 5. The fraction of sp³-hybridized carbons (Fsp3) is 0.529. The number of benzene rings is 1. The van der Waals surface area contributed by atoms with Gasteiger partial charge in [-0.3, -0.25) is 9.59 Å². The minimum absolute atomic E-state index is 0.0903. The molecular formula is C17H24N2O5S. The zero-order chi connectivity index (χ0) is 18.3. The van der Waals surface area contributed by atoms with E-state index in [1.165, 1.54) is 19.1 Å². The summed E-state index contributed by atoms with van der Waals surface area (Å²) in [5, 5.41) is 2.86. The lowest BCUT2D eigenvalue weighted by Gasteiger charge is -2.17. The normalized spacial score (nSPS) is 16.4. The molecule has 0 heterocycles. The molecule has 0 saturated heterocycles. The maximum absolute atomic E-state index is 12.0. The zero-order valence-electron chi connectivity index (χ0n) is 14.2. The number of carbonyl (C=O) groups is 2. The molecule has 0 spiro atoms. The number of nitrogens with one attached hydrogen (secondary N) is 2. The molecule has 1 aromatic rings. The summed E-state index contributed by atoms with van der Waals surface area (Å²) in [6.45, 7) is 1.42. The van der Waals surface area contributed by atoms with E-state index in [4.69, 9.17) is 4.74 Å². The quantitative estimate of drug-likeness (QED) is 0.675. The summed E-state index contributed by atoms with van der Waals surface area (Å²) in [6, 6.07) is 8.05. The molecule has 138 valence electrons. The summed E-state index contributed by atoms with van der Waals surface area (Å²) in [4.78, 5) is 23.9. The van der Waals surface area contributed by atoms with Crippen molar-refractivity contribution in [2.45, 2.75) is 56.1 Å². The lowest BCUT2D eigenvalue weighted by molar-refractivity contribution is -0.154. The van der Waals surface area contributed by atoms with E-state index in [-0.39, 0.29) is 29.8 Å². The van der Waals surface area contributed by atoms with Crippen LogP contribution in [0.15, 0.2) is 35.2 Å². The predicted molar refractivity (Wildman–Crippen MR) is 92.2 cm³/mol. The van der Waals surface area contributed by atoms with Crippen molar-refractivity contribution in [2.75, 3.05) is 6.54 Å². The fourth-order valence-electron chi connectivity index (χ4n) is 2.67. The van der Waals surface area contributed by atoms with Crippen molar-refractivity contribution >= 4 is 21.9 Å². The molecule has 1 atom stereocenters. The molecule has 1 aliphatic rings. The number of amides is 1. The molecule has 2 rings (SSSR count). The van der Waals surface area contributed by atoms with Gasteiger partial charge < -0.3 is 10.1 Å². The van der Waals surface area contributed by atoms with E-state index in [9.17, 15) is 18.0 Å². The highest BCUT2D eigenvalue weighted by molar-refractivity contribution is 7.89. The van der Waals surface area contributed by atoms with E-state index in [1.54, 1.807) is 18.2 Å². The molecule has 1 fully saturated rings. The van der Waals surface area contributed by atoms with Gasteiger partial charge in [0.25, 0.3) is 5.91 Å². The summed E-state index contributed by atoms with van der Waals surface area (Å²) >= 11 is 0. The van der Waals surface area contributed by atoms with Crippen LogP contribution >= 0.6 is 0 Å². The van der Waals surface area contributed by atoms with Crippen LogP contribution in [0.25, 0.3) is 0 Å². The molecule has 1 aromatic carbocycles. The minimum Gasteiger partial charge on any atom is -0.453 e. The van der Waals surface area contributed by atoms with Gasteiger partial charge in [0, 0.05) is 12.6 Å². The summed E-state index contributed by atoms with van der Waals surface area (Å²) in [5.74, 6) is -0.935. The Hall–Kier alpha value is -1.93. The van der Waals surface area contributed by atoms with Crippen molar-refractivity contribution in [3.05, 3.63) is 30.3 Å². The molecule has 1 amide bonds. The molecule has 1 saturated carbocycles. The van der Waals surface area contributed by atoms with Crippen molar-refractivity contribution < 1.29 is 22.7 Å². The maximum Gasteiger partial charge on any atom is 0.307 e. The minimum atomic E-state index is -3.65. The molecule has 0 aliphatic heterocycles. The first-order chi connectivity index (χ1) is 11.9. The van der Waals surface area contributed by atoms with E-state index in [0.717, 1.165) is 25.7 Å². The molecule has 0 unspecified atom stereocenters. The highest BCUT2D eigenvalue weighted by Gasteiger charge is 2.23. The molecule has 7 nitrogen and oxygen atoms in total. The third-order valence-electron chi connectivity index (χ3n) is 4.05. The van der Waals surface area contributed by atoms with Gasteiger partial charge in [0.2, 0.25) is 10.0 Å². The van der Waals surface area contributed by atoms with Crippen LogP contribution in [0.4, 0.5) is 0 Å².